The molecule has 0 aliphatic carbocycles. The van der Waals surface area contributed by atoms with Crippen LogP contribution in [0.15, 0.2) is 29.3 Å². The van der Waals surface area contributed by atoms with E-state index in [1.807, 2.05) is 17.0 Å². The maximum Gasteiger partial charge on any atom is 0.303 e. The zero-order valence-corrected chi connectivity index (χ0v) is 15.8. The third-order valence-electron chi connectivity index (χ3n) is 5.42. The van der Waals surface area contributed by atoms with Gasteiger partial charge in [0.05, 0.1) is 6.42 Å². The molecule has 2 N–H and O–H groups in total. The Morgan fingerprint density at radius 1 is 1.22 bits per heavy atom. The van der Waals surface area contributed by atoms with Crippen molar-refractivity contribution in [2.45, 2.75) is 44.9 Å². The topological polar surface area (TPSA) is 82.0 Å². The van der Waals surface area contributed by atoms with E-state index >= 15 is 0 Å². The van der Waals surface area contributed by atoms with E-state index in [1.165, 1.54) is 5.56 Å². The third-order valence-corrected chi connectivity index (χ3v) is 5.42. The van der Waals surface area contributed by atoms with Gasteiger partial charge in [-0.1, -0.05) is 24.3 Å². The highest BCUT2D eigenvalue weighted by atomic mass is 16.4. The van der Waals surface area contributed by atoms with Gasteiger partial charge in [-0.3, -0.25) is 14.6 Å². The smallest absolute Gasteiger partial charge is 0.303 e. The average Bonchev–Trinajstić information content (AvgIpc) is 2.68. The second-order valence-electron chi connectivity index (χ2n) is 7.54. The minimum atomic E-state index is -0.734. The molecule has 0 radical (unpaired) electrons. The van der Waals surface area contributed by atoms with E-state index in [1.54, 1.807) is 0 Å². The molecule has 1 amide bonds. The third kappa shape index (κ3) is 6.08. The second-order valence-corrected chi connectivity index (χ2v) is 7.54. The van der Waals surface area contributed by atoms with Crippen LogP contribution >= 0.6 is 0 Å². The van der Waals surface area contributed by atoms with Crippen molar-refractivity contribution in [3.8, 4) is 0 Å². The highest BCUT2D eigenvalue weighted by Gasteiger charge is 2.23. The monoisotopic (exact) mass is 371 g/mol. The fourth-order valence-corrected chi connectivity index (χ4v) is 3.83. The Morgan fingerprint density at radius 3 is 2.70 bits per heavy atom. The lowest BCUT2D eigenvalue weighted by atomic mass is 9.92. The van der Waals surface area contributed by atoms with E-state index < -0.39 is 5.97 Å². The SMILES string of the molecule is O=C(O)CCC1CCN(C(=O)Cc2cccc(CC3=NCCCN3)c2)CC1. The largest absolute Gasteiger partial charge is 0.481 e. The zero-order valence-electron chi connectivity index (χ0n) is 15.8. The predicted molar refractivity (Wildman–Crippen MR) is 105 cm³/mol. The molecular weight excluding hydrogens is 342 g/mol. The number of hydrogen-bond donors (Lipinski definition) is 2. The van der Waals surface area contributed by atoms with E-state index in [-0.39, 0.29) is 12.3 Å². The van der Waals surface area contributed by atoms with Crippen LogP contribution < -0.4 is 5.32 Å². The predicted octanol–water partition coefficient (Wildman–Crippen LogP) is 2.27. The number of rotatable bonds is 7. The number of aliphatic carboxylic acids is 1. The van der Waals surface area contributed by atoms with Crippen molar-refractivity contribution in [2.75, 3.05) is 26.2 Å². The van der Waals surface area contributed by atoms with E-state index in [9.17, 15) is 9.59 Å². The van der Waals surface area contributed by atoms with Gasteiger partial charge in [-0.2, -0.15) is 0 Å². The van der Waals surface area contributed by atoms with Crippen molar-refractivity contribution in [2.24, 2.45) is 10.9 Å². The second kappa shape index (κ2) is 9.53. The summed E-state index contributed by atoms with van der Waals surface area (Å²) >= 11 is 0. The van der Waals surface area contributed by atoms with Crippen molar-refractivity contribution in [3.05, 3.63) is 35.4 Å². The van der Waals surface area contributed by atoms with E-state index in [4.69, 9.17) is 5.11 Å². The molecule has 0 bridgehead atoms. The van der Waals surface area contributed by atoms with Crippen LogP contribution in [0.5, 0.6) is 0 Å². The molecule has 0 unspecified atom stereocenters. The first-order valence-corrected chi connectivity index (χ1v) is 9.95. The highest BCUT2D eigenvalue weighted by Crippen LogP contribution is 2.22. The molecule has 146 valence electrons. The lowest BCUT2D eigenvalue weighted by Crippen LogP contribution is -2.39. The van der Waals surface area contributed by atoms with E-state index in [0.717, 1.165) is 69.7 Å². The Balaban J connectivity index is 1.49. The van der Waals surface area contributed by atoms with Crippen LogP contribution in [0, 0.1) is 5.92 Å². The first-order valence-electron chi connectivity index (χ1n) is 9.95. The number of aliphatic imine (C=N–C) groups is 1. The number of likely N-dealkylation sites (tertiary alicyclic amines) is 1. The Labute approximate surface area is 160 Å². The maximum atomic E-state index is 12.6. The first kappa shape index (κ1) is 19.4. The minimum Gasteiger partial charge on any atom is -0.481 e. The van der Waals surface area contributed by atoms with Crippen LogP contribution in [0.3, 0.4) is 0 Å². The molecule has 1 fully saturated rings. The molecule has 0 aromatic heterocycles. The molecule has 6 nitrogen and oxygen atoms in total. The Morgan fingerprint density at radius 2 is 2.00 bits per heavy atom. The Hall–Kier alpha value is -2.37. The molecule has 2 aliphatic heterocycles. The Bertz CT molecular complexity index is 694. The maximum absolute atomic E-state index is 12.6. The van der Waals surface area contributed by atoms with Crippen LogP contribution in [0.2, 0.25) is 0 Å². The molecule has 0 atom stereocenters. The number of carboxylic acids is 1. The quantitative estimate of drug-likeness (QED) is 0.770. The van der Waals surface area contributed by atoms with Gasteiger partial charge in [-0.05, 0) is 42.7 Å². The number of carboxylic acid groups (broad SMARTS) is 1. The molecule has 1 aromatic carbocycles. The molecule has 0 saturated carbocycles. The number of nitrogens with zero attached hydrogens (tertiary/aromatic N) is 2. The summed E-state index contributed by atoms with van der Waals surface area (Å²) in [6.45, 7) is 3.36. The van der Waals surface area contributed by atoms with Gasteiger partial charge in [0, 0.05) is 39.0 Å². The van der Waals surface area contributed by atoms with Gasteiger partial charge in [0.25, 0.3) is 0 Å². The van der Waals surface area contributed by atoms with Crippen LogP contribution in [0.25, 0.3) is 0 Å². The number of nitrogens with one attached hydrogen (secondary N) is 1. The molecule has 2 aliphatic rings. The highest BCUT2D eigenvalue weighted by molar-refractivity contribution is 5.85. The number of carbonyl (C=O) groups is 2. The molecule has 6 heteroatoms. The van der Waals surface area contributed by atoms with Crippen molar-refractivity contribution in [1.82, 2.24) is 10.2 Å². The van der Waals surface area contributed by atoms with Gasteiger partial charge in [0.1, 0.15) is 5.84 Å². The molecular formula is C21H29N3O3. The number of benzene rings is 1. The number of hydrogen-bond acceptors (Lipinski definition) is 4. The summed E-state index contributed by atoms with van der Waals surface area (Å²) in [6.07, 6.45) is 5.06. The molecule has 27 heavy (non-hydrogen) atoms. The van der Waals surface area contributed by atoms with Crippen molar-refractivity contribution in [3.63, 3.8) is 0 Å². The average molecular weight is 371 g/mol. The molecule has 0 spiro atoms. The van der Waals surface area contributed by atoms with Gasteiger partial charge in [0.2, 0.25) is 5.91 Å². The first-order chi connectivity index (χ1) is 13.1. The lowest BCUT2D eigenvalue weighted by Gasteiger charge is -2.32. The molecule has 1 saturated heterocycles. The Kier molecular flexibility index (Phi) is 6.85. The number of amidine groups is 1. The molecule has 1 aromatic rings. The normalized spacial score (nSPS) is 17.9. The summed E-state index contributed by atoms with van der Waals surface area (Å²) in [7, 11) is 0. The van der Waals surface area contributed by atoms with Gasteiger partial charge >= 0.3 is 5.97 Å². The van der Waals surface area contributed by atoms with Crippen molar-refractivity contribution >= 4 is 17.7 Å². The van der Waals surface area contributed by atoms with Gasteiger partial charge < -0.3 is 15.3 Å². The van der Waals surface area contributed by atoms with E-state index in [2.05, 4.69) is 22.4 Å². The zero-order chi connectivity index (χ0) is 19.1. The molecule has 3 rings (SSSR count). The van der Waals surface area contributed by atoms with Gasteiger partial charge in [0.15, 0.2) is 0 Å². The summed E-state index contributed by atoms with van der Waals surface area (Å²) in [6, 6.07) is 8.22. The van der Waals surface area contributed by atoms with Crippen LogP contribution in [-0.2, 0) is 22.4 Å². The van der Waals surface area contributed by atoms with Crippen LogP contribution in [-0.4, -0.2) is 53.9 Å². The summed E-state index contributed by atoms with van der Waals surface area (Å²) in [4.78, 5) is 29.8. The summed E-state index contributed by atoms with van der Waals surface area (Å²) in [5, 5.41) is 12.1. The fourth-order valence-electron chi connectivity index (χ4n) is 3.83. The fraction of sp³-hybridized carbons (Fsp3) is 0.571. The van der Waals surface area contributed by atoms with E-state index in [0.29, 0.717) is 12.3 Å². The summed E-state index contributed by atoms with van der Waals surface area (Å²) in [5.41, 5.74) is 2.22. The number of carbonyl (C=O) groups excluding carboxylic acids is 1. The number of piperidine rings is 1. The van der Waals surface area contributed by atoms with Gasteiger partial charge in [-0.15, -0.1) is 0 Å². The van der Waals surface area contributed by atoms with Crippen LogP contribution in [0.4, 0.5) is 0 Å². The standard InChI is InChI=1S/C21H29N3O3/c25-20(24-11-7-16(8-12-24)5-6-21(26)27)15-18-4-1-3-17(13-18)14-19-22-9-2-10-23-19/h1,3-4,13,16H,2,5-12,14-15H2,(H,22,23)(H,26,27). The van der Waals surface area contributed by atoms with Crippen molar-refractivity contribution in [1.29, 1.82) is 0 Å². The minimum absolute atomic E-state index is 0.164. The van der Waals surface area contributed by atoms with Gasteiger partial charge in [-0.25, -0.2) is 0 Å². The summed E-state index contributed by atoms with van der Waals surface area (Å²) < 4.78 is 0. The summed E-state index contributed by atoms with van der Waals surface area (Å²) in [5.74, 6) is 0.894. The lowest BCUT2D eigenvalue weighted by molar-refractivity contribution is -0.138. The van der Waals surface area contributed by atoms with Crippen LogP contribution in [0.1, 0.15) is 43.2 Å². The number of amides is 1. The molecule has 2 heterocycles. The van der Waals surface area contributed by atoms with Crippen molar-refractivity contribution < 1.29 is 14.7 Å².